The van der Waals surface area contributed by atoms with E-state index in [2.05, 4.69) is 4.98 Å². The largest absolute Gasteiger partial charge is 0.495 e. The molecule has 0 bridgehead atoms. The molecular weight excluding hydrogens is 344 g/mol. The highest BCUT2D eigenvalue weighted by Gasteiger charge is 2.13. The summed E-state index contributed by atoms with van der Waals surface area (Å²) >= 11 is 0. The van der Waals surface area contributed by atoms with E-state index >= 15 is 0 Å². The molecule has 0 aliphatic carbocycles. The zero-order chi connectivity index (χ0) is 18.5. The van der Waals surface area contributed by atoms with Crippen molar-refractivity contribution in [2.75, 3.05) is 33.5 Å². The van der Waals surface area contributed by atoms with E-state index in [0.717, 1.165) is 54.5 Å². The van der Waals surface area contributed by atoms with E-state index in [1.807, 2.05) is 53.2 Å². The molecule has 0 saturated carbocycles. The van der Waals surface area contributed by atoms with Crippen molar-refractivity contribution in [1.29, 1.82) is 0 Å². The molecular formula is C21H24N2O4. The second-order valence-electron chi connectivity index (χ2n) is 6.50. The van der Waals surface area contributed by atoms with Crippen LogP contribution in [0.4, 0.5) is 0 Å². The van der Waals surface area contributed by atoms with E-state index in [0.29, 0.717) is 19.3 Å². The third-order valence-corrected chi connectivity index (χ3v) is 4.74. The summed E-state index contributed by atoms with van der Waals surface area (Å²) in [6, 6.07) is 11.9. The zero-order valence-corrected chi connectivity index (χ0v) is 15.5. The minimum Gasteiger partial charge on any atom is -0.495 e. The third-order valence-electron chi connectivity index (χ3n) is 4.74. The van der Waals surface area contributed by atoms with Gasteiger partial charge in [-0.2, -0.15) is 0 Å². The molecule has 6 heteroatoms. The molecule has 1 saturated heterocycles. The summed E-state index contributed by atoms with van der Waals surface area (Å²) in [5, 5.41) is 0. The van der Waals surface area contributed by atoms with Gasteiger partial charge < -0.3 is 18.9 Å². The van der Waals surface area contributed by atoms with Crippen molar-refractivity contribution in [2.24, 2.45) is 0 Å². The van der Waals surface area contributed by atoms with Crippen LogP contribution in [0.2, 0.25) is 0 Å². The van der Waals surface area contributed by atoms with Crippen LogP contribution in [0.5, 0.6) is 11.5 Å². The average Bonchev–Trinajstić information content (AvgIpc) is 3.15. The minimum atomic E-state index is 0.303. The van der Waals surface area contributed by atoms with Gasteiger partial charge in [0.15, 0.2) is 0 Å². The van der Waals surface area contributed by atoms with E-state index in [9.17, 15) is 0 Å². The predicted molar refractivity (Wildman–Crippen MR) is 102 cm³/mol. The van der Waals surface area contributed by atoms with Crippen LogP contribution in [-0.2, 0) is 9.47 Å². The molecule has 27 heavy (non-hydrogen) atoms. The van der Waals surface area contributed by atoms with Crippen LogP contribution in [-0.4, -0.2) is 49.0 Å². The summed E-state index contributed by atoms with van der Waals surface area (Å²) in [7, 11) is 1.66. The van der Waals surface area contributed by atoms with Crippen LogP contribution in [0.3, 0.4) is 0 Å². The van der Waals surface area contributed by atoms with Crippen LogP contribution in [0.1, 0.15) is 12.8 Å². The Bertz CT molecular complexity index is 870. The molecule has 142 valence electrons. The molecule has 3 aromatic rings. The number of imidazole rings is 1. The Labute approximate surface area is 158 Å². The van der Waals surface area contributed by atoms with Gasteiger partial charge in [-0.05, 0) is 49.2 Å². The maximum absolute atomic E-state index is 5.83. The predicted octanol–water partition coefficient (Wildman–Crippen LogP) is 3.58. The first-order chi connectivity index (χ1) is 13.3. The van der Waals surface area contributed by atoms with Gasteiger partial charge in [0.05, 0.1) is 37.9 Å². The first kappa shape index (κ1) is 17.8. The standard InChI is InChI=1S/C21H24N2O4/c1-24-19-6-7-21-22-14-20(23(21)15-19)16-2-4-17(5-3-16)26-12-13-27-18-8-10-25-11-9-18/h2-7,14-15,18H,8-13H2,1H3. The average molecular weight is 368 g/mol. The molecule has 0 radical (unpaired) electrons. The summed E-state index contributed by atoms with van der Waals surface area (Å²) in [6.07, 6.45) is 6.05. The van der Waals surface area contributed by atoms with Crippen molar-refractivity contribution in [2.45, 2.75) is 18.9 Å². The number of hydrogen-bond acceptors (Lipinski definition) is 5. The fraction of sp³-hybridized carbons (Fsp3) is 0.381. The number of aromatic nitrogens is 2. The van der Waals surface area contributed by atoms with E-state index in [-0.39, 0.29) is 0 Å². The molecule has 0 N–H and O–H groups in total. The Morgan fingerprint density at radius 2 is 1.81 bits per heavy atom. The van der Waals surface area contributed by atoms with Gasteiger partial charge in [-0.25, -0.2) is 4.98 Å². The summed E-state index contributed by atoms with van der Waals surface area (Å²) in [5.74, 6) is 1.63. The first-order valence-electron chi connectivity index (χ1n) is 9.27. The third kappa shape index (κ3) is 4.23. The maximum Gasteiger partial charge on any atom is 0.137 e. The molecule has 4 rings (SSSR count). The van der Waals surface area contributed by atoms with Crippen molar-refractivity contribution in [3.05, 3.63) is 48.8 Å². The second kappa shape index (κ2) is 8.41. The van der Waals surface area contributed by atoms with Gasteiger partial charge in [-0.1, -0.05) is 0 Å². The van der Waals surface area contributed by atoms with E-state index in [1.165, 1.54) is 0 Å². The van der Waals surface area contributed by atoms with Gasteiger partial charge >= 0.3 is 0 Å². The molecule has 1 aliphatic heterocycles. The lowest BCUT2D eigenvalue weighted by molar-refractivity contribution is -0.0388. The Hall–Kier alpha value is -2.57. The van der Waals surface area contributed by atoms with Crippen molar-refractivity contribution in [3.8, 4) is 22.8 Å². The lowest BCUT2D eigenvalue weighted by atomic mass is 10.1. The van der Waals surface area contributed by atoms with Gasteiger partial charge in [0.1, 0.15) is 23.8 Å². The normalized spacial score (nSPS) is 15.1. The van der Waals surface area contributed by atoms with Crippen molar-refractivity contribution >= 4 is 5.65 Å². The fourth-order valence-electron chi connectivity index (χ4n) is 3.23. The van der Waals surface area contributed by atoms with Crippen LogP contribution in [0, 0.1) is 0 Å². The van der Waals surface area contributed by atoms with Crippen LogP contribution in [0.25, 0.3) is 16.9 Å². The Balaban J connectivity index is 1.36. The van der Waals surface area contributed by atoms with Crippen LogP contribution in [0.15, 0.2) is 48.8 Å². The Morgan fingerprint density at radius 1 is 1.04 bits per heavy atom. The summed E-state index contributed by atoms with van der Waals surface area (Å²) < 4.78 is 24.3. The Morgan fingerprint density at radius 3 is 2.59 bits per heavy atom. The number of pyridine rings is 1. The number of methoxy groups -OCH3 is 1. The maximum atomic E-state index is 5.83. The molecule has 1 fully saturated rings. The lowest BCUT2D eigenvalue weighted by Gasteiger charge is -2.22. The molecule has 6 nitrogen and oxygen atoms in total. The van der Waals surface area contributed by atoms with Gasteiger partial charge in [0.25, 0.3) is 0 Å². The van der Waals surface area contributed by atoms with Crippen molar-refractivity contribution in [1.82, 2.24) is 9.38 Å². The van der Waals surface area contributed by atoms with Gasteiger partial charge in [0.2, 0.25) is 0 Å². The molecule has 1 aliphatic rings. The topological polar surface area (TPSA) is 54.2 Å². The molecule has 1 aromatic carbocycles. The summed E-state index contributed by atoms with van der Waals surface area (Å²) in [5.41, 5.74) is 2.97. The second-order valence-corrected chi connectivity index (χ2v) is 6.50. The monoisotopic (exact) mass is 368 g/mol. The van der Waals surface area contributed by atoms with Gasteiger partial charge in [-0.15, -0.1) is 0 Å². The number of fused-ring (bicyclic) bond motifs is 1. The van der Waals surface area contributed by atoms with Gasteiger partial charge in [-0.3, -0.25) is 4.40 Å². The van der Waals surface area contributed by atoms with Crippen LogP contribution < -0.4 is 9.47 Å². The van der Waals surface area contributed by atoms with E-state index in [4.69, 9.17) is 18.9 Å². The SMILES string of the molecule is COc1ccc2ncc(-c3ccc(OCCOC4CCOCC4)cc3)n2c1. The highest BCUT2D eigenvalue weighted by Crippen LogP contribution is 2.25. The van der Waals surface area contributed by atoms with Crippen LogP contribution >= 0.6 is 0 Å². The molecule has 3 heterocycles. The lowest BCUT2D eigenvalue weighted by Crippen LogP contribution is -2.25. The highest BCUT2D eigenvalue weighted by molar-refractivity contribution is 5.64. The number of benzene rings is 1. The smallest absolute Gasteiger partial charge is 0.137 e. The number of hydrogen-bond donors (Lipinski definition) is 0. The zero-order valence-electron chi connectivity index (χ0n) is 15.5. The quantitative estimate of drug-likeness (QED) is 0.597. The van der Waals surface area contributed by atoms with E-state index in [1.54, 1.807) is 7.11 Å². The molecule has 0 amide bonds. The Kier molecular flexibility index (Phi) is 5.55. The molecule has 2 aromatic heterocycles. The van der Waals surface area contributed by atoms with Gasteiger partial charge in [0, 0.05) is 18.8 Å². The molecule has 0 spiro atoms. The summed E-state index contributed by atoms with van der Waals surface area (Å²) in [4.78, 5) is 4.45. The molecule has 0 unspecified atom stereocenters. The summed E-state index contributed by atoms with van der Waals surface area (Å²) in [6.45, 7) is 2.73. The number of nitrogens with zero attached hydrogens (tertiary/aromatic N) is 2. The first-order valence-corrected chi connectivity index (χ1v) is 9.27. The minimum absolute atomic E-state index is 0.303. The molecule has 0 atom stereocenters. The van der Waals surface area contributed by atoms with Crippen molar-refractivity contribution in [3.63, 3.8) is 0 Å². The fourth-order valence-corrected chi connectivity index (χ4v) is 3.23. The van der Waals surface area contributed by atoms with Crippen molar-refractivity contribution < 1.29 is 18.9 Å². The number of rotatable bonds is 7. The number of ether oxygens (including phenoxy) is 4. The highest BCUT2D eigenvalue weighted by atomic mass is 16.5. The van der Waals surface area contributed by atoms with E-state index < -0.39 is 0 Å².